The van der Waals surface area contributed by atoms with Gasteiger partial charge in [-0.2, -0.15) is 26.3 Å². The van der Waals surface area contributed by atoms with Crippen LogP contribution >= 0.6 is 0 Å². The quantitative estimate of drug-likeness (QED) is 0.833. The largest absolute Gasteiger partial charge is 0.424 e. The molecule has 2 nitrogen and oxygen atoms in total. The summed E-state index contributed by atoms with van der Waals surface area (Å²) < 4.78 is 78.5. The predicted octanol–water partition coefficient (Wildman–Crippen LogP) is 3.45. The van der Waals surface area contributed by atoms with Crippen molar-refractivity contribution in [2.75, 3.05) is 0 Å². The van der Waals surface area contributed by atoms with Gasteiger partial charge in [-0.15, -0.1) is 0 Å². The van der Waals surface area contributed by atoms with Gasteiger partial charge in [0.25, 0.3) is 5.54 Å². The molecule has 0 saturated carbocycles. The summed E-state index contributed by atoms with van der Waals surface area (Å²) in [6.45, 7) is 2.12. The lowest BCUT2D eigenvalue weighted by atomic mass is 9.87. The molecule has 112 valence electrons. The molecule has 1 N–H and O–H groups in total. The van der Waals surface area contributed by atoms with Crippen LogP contribution in [0.3, 0.4) is 0 Å². The van der Waals surface area contributed by atoms with Crippen LogP contribution in [0.2, 0.25) is 0 Å². The highest BCUT2D eigenvalue weighted by molar-refractivity contribution is 5.74. The summed E-state index contributed by atoms with van der Waals surface area (Å²) in [7, 11) is 0. The normalized spacial score (nSPS) is 13.2. The van der Waals surface area contributed by atoms with Gasteiger partial charge in [0, 0.05) is 6.92 Å². The molecule has 0 spiro atoms. The highest BCUT2D eigenvalue weighted by atomic mass is 19.4. The Morgan fingerprint density at radius 2 is 1.35 bits per heavy atom. The van der Waals surface area contributed by atoms with E-state index in [2.05, 4.69) is 0 Å². The van der Waals surface area contributed by atoms with Crippen molar-refractivity contribution < 1.29 is 31.1 Å². The molecule has 0 aromatic heterocycles. The second-order valence-corrected chi connectivity index (χ2v) is 4.29. The van der Waals surface area contributed by atoms with Crippen molar-refractivity contribution in [2.45, 2.75) is 31.7 Å². The van der Waals surface area contributed by atoms with E-state index in [0.717, 1.165) is 17.4 Å². The van der Waals surface area contributed by atoms with Gasteiger partial charge in [0.2, 0.25) is 5.91 Å². The van der Waals surface area contributed by atoms with Crippen LogP contribution in [0.15, 0.2) is 24.3 Å². The summed E-state index contributed by atoms with van der Waals surface area (Å²) in [4.78, 5) is 10.9. The molecule has 0 saturated heterocycles. The Balaban J connectivity index is 3.61. The number of rotatable bonds is 2. The minimum atomic E-state index is -5.73. The molecule has 0 aliphatic carbocycles. The Kier molecular flexibility index (Phi) is 4.07. The molecule has 0 unspecified atom stereocenters. The number of alkyl halides is 6. The van der Waals surface area contributed by atoms with Crippen LogP contribution in [0, 0.1) is 6.92 Å². The third-order valence-electron chi connectivity index (χ3n) is 2.70. The van der Waals surface area contributed by atoms with Crippen LogP contribution < -0.4 is 5.32 Å². The second kappa shape index (κ2) is 4.99. The molecule has 0 bridgehead atoms. The number of carbonyl (C=O) groups is 1. The summed E-state index contributed by atoms with van der Waals surface area (Å²) in [6, 6.07) is 3.63. The van der Waals surface area contributed by atoms with E-state index in [4.69, 9.17) is 0 Å². The highest BCUT2D eigenvalue weighted by Gasteiger charge is 2.72. The average Bonchev–Trinajstić information content (AvgIpc) is 2.23. The molecule has 1 aromatic carbocycles. The Labute approximate surface area is 110 Å². The molecule has 1 rings (SSSR count). The van der Waals surface area contributed by atoms with Crippen molar-refractivity contribution in [1.29, 1.82) is 0 Å². The molecule has 0 aliphatic rings. The van der Waals surface area contributed by atoms with Gasteiger partial charge in [-0.1, -0.05) is 29.8 Å². The predicted molar refractivity (Wildman–Crippen MR) is 58.8 cm³/mol. The van der Waals surface area contributed by atoms with Crippen LogP contribution in [0.25, 0.3) is 0 Å². The van der Waals surface area contributed by atoms with E-state index < -0.39 is 29.4 Å². The number of halogens is 6. The third-order valence-corrected chi connectivity index (χ3v) is 2.70. The number of carbonyl (C=O) groups excluding carboxylic acids is 1. The topological polar surface area (TPSA) is 29.1 Å². The van der Waals surface area contributed by atoms with Gasteiger partial charge in [0.1, 0.15) is 0 Å². The number of aryl methyl sites for hydroxylation is 1. The lowest BCUT2D eigenvalue weighted by molar-refractivity contribution is -0.311. The van der Waals surface area contributed by atoms with E-state index in [-0.39, 0.29) is 0 Å². The van der Waals surface area contributed by atoms with E-state index in [1.165, 1.54) is 6.92 Å². The fourth-order valence-electron chi connectivity index (χ4n) is 1.77. The van der Waals surface area contributed by atoms with Crippen LogP contribution in [-0.2, 0) is 10.3 Å². The first-order valence-corrected chi connectivity index (χ1v) is 5.41. The van der Waals surface area contributed by atoms with E-state index in [1.807, 2.05) is 0 Å². The Bertz CT molecular complexity index is 474. The zero-order valence-electron chi connectivity index (χ0n) is 10.5. The lowest BCUT2D eigenvalue weighted by Crippen LogP contribution is -2.64. The van der Waals surface area contributed by atoms with Gasteiger partial charge in [0.15, 0.2) is 0 Å². The van der Waals surface area contributed by atoms with Gasteiger partial charge in [0.05, 0.1) is 0 Å². The van der Waals surface area contributed by atoms with E-state index >= 15 is 0 Å². The molecule has 1 amide bonds. The van der Waals surface area contributed by atoms with E-state index in [0.29, 0.717) is 24.6 Å². The minimum Gasteiger partial charge on any atom is -0.331 e. The van der Waals surface area contributed by atoms with Crippen molar-refractivity contribution in [3.05, 3.63) is 35.4 Å². The molecule has 0 aliphatic heterocycles. The first-order chi connectivity index (χ1) is 8.92. The summed E-state index contributed by atoms with van der Waals surface area (Å²) in [5, 5.41) is 1.02. The summed E-state index contributed by atoms with van der Waals surface area (Å²) in [5.74, 6) is -1.43. The van der Waals surface area contributed by atoms with Crippen molar-refractivity contribution in [1.82, 2.24) is 5.32 Å². The Morgan fingerprint density at radius 1 is 0.950 bits per heavy atom. The molecule has 0 heterocycles. The maximum atomic E-state index is 13.1. The fraction of sp³-hybridized carbons (Fsp3) is 0.417. The molecule has 1 aromatic rings. The van der Waals surface area contributed by atoms with Crippen molar-refractivity contribution in [2.24, 2.45) is 0 Å². The van der Waals surface area contributed by atoms with Crippen LogP contribution in [0.5, 0.6) is 0 Å². The average molecular weight is 299 g/mol. The number of hydrogen-bond acceptors (Lipinski definition) is 1. The van der Waals surface area contributed by atoms with Crippen molar-refractivity contribution in [3.8, 4) is 0 Å². The summed E-state index contributed by atoms with van der Waals surface area (Å²) in [6.07, 6.45) is -11.5. The fourth-order valence-corrected chi connectivity index (χ4v) is 1.77. The number of hydrogen-bond donors (Lipinski definition) is 1. The standard InChI is InChI=1S/C12H11F6NO/c1-7-3-5-9(6-4-7)10(11(13,14)15,12(16,17)18)19-8(2)20/h3-6H,1-2H3,(H,19,20). The first-order valence-electron chi connectivity index (χ1n) is 5.41. The second-order valence-electron chi connectivity index (χ2n) is 4.29. The molecular formula is C12H11F6NO. The van der Waals surface area contributed by atoms with Crippen LogP contribution in [0.4, 0.5) is 26.3 Å². The van der Waals surface area contributed by atoms with Gasteiger partial charge in [-0.3, -0.25) is 4.79 Å². The van der Waals surface area contributed by atoms with Gasteiger partial charge >= 0.3 is 12.4 Å². The van der Waals surface area contributed by atoms with Crippen LogP contribution in [-0.4, -0.2) is 18.3 Å². The highest BCUT2D eigenvalue weighted by Crippen LogP contribution is 2.50. The molecular weight excluding hydrogens is 288 g/mol. The third kappa shape index (κ3) is 2.73. The molecule has 0 atom stereocenters. The van der Waals surface area contributed by atoms with Crippen LogP contribution in [0.1, 0.15) is 18.1 Å². The SMILES string of the molecule is CC(=O)NC(c1ccc(C)cc1)(C(F)(F)F)C(F)(F)F. The Hall–Kier alpha value is -1.73. The smallest absolute Gasteiger partial charge is 0.331 e. The van der Waals surface area contributed by atoms with E-state index in [1.54, 1.807) is 0 Å². The first kappa shape index (κ1) is 16.3. The lowest BCUT2D eigenvalue weighted by Gasteiger charge is -2.38. The molecule has 0 fully saturated rings. The molecule has 8 heteroatoms. The van der Waals surface area contributed by atoms with Gasteiger partial charge < -0.3 is 5.32 Å². The zero-order chi connectivity index (χ0) is 15.8. The zero-order valence-corrected chi connectivity index (χ0v) is 10.5. The number of benzene rings is 1. The van der Waals surface area contributed by atoms with Gasteiger partial charge in [-0.05, 0) is 12.5 Å². The van der Waals surface area contributed by atoms with Crippen molar-refractivity contribution in [3.63, 3.8) is 0 Å². The van der Waals surface area contributed by atoms with Crippen molar-refractivity contribution >= 4 is 5.91 Å². The minimum absolute atomic E-state index is 0.495. The molecule has 0 radical (unpaired) electrons. The summed E-state index contributed by atoms with van der Waals surface area (Å²) >= 11 is 0. The summed E-state index contributed by atoms with van der Waals surface area (Å²) in [5.41, 5.74) is -5.01. The van der Waals surface area contributed by atoms with Gasteiger partial charge in [-0.25, -0.2) is 0 Å². The Morgan fingerprint density at radius 3 is 1.65 bits per heavy atom. The number of amides is 1. The maximum absolute atomic E-state index is 13.1. The molecule has 20 heavy (non-hydrogen) atoms. The monoisotopic (exact) mass is 299 g/mol. The van der Waals surface area contributed by atoms with E-state index in [9.17, 15) is 31.1 Å². The number of nitrogens with one attached hydrogen (secondary N) is 1. The maximum Gasteiger partial charge on any atom is 0.424 e.